The fraction of sp³-hybridized carbons (Fsp3) is 0.471. The zero-order chi connectivity index (χ0) is 15.1. The fourth-order valence-corrected chi connectivity index (χ4v) is 2.23. The van der Waals surface area contributed by atoms with Gasteiger partial charge in [-0.2, -0.15) is 0 Å². The molecule has 1 N–H and O–H groups in total. The number of ether oxygens (including phenoxy) is 1. The number of hydrogen-bond donors (Lipinski definition) is 1. The predicted molar refractivity (Wildman–Crippen MR) is 85.7 cm³/mol. The fourth-order valence-electron chi connectivity index (χ4n) is 2.23. The summed E-state index contributed by atoms with van der Waals surface area (Å²) in [7, 11) is 0. The maximum Gasteiger partial charge on any atom is 0.110 e. The van der Waals surface area contributed by atoms with E-state index in [4.69, 9.17) is 4.74 Å². The number of imidazole rings is 1. The molecular weight excluding hydrogens is 262 g/mol. The highest BCUT2D eigenvalue weighted by molar-refractivity contribution is 5.35. The summed E-state index contributed by atoms with van der Waals surface area (Å²) < 4.78 is 7.75. The molecule has 0 saturated heterocycles. The van der Waals surface area contributed by atoms with Crippen molar-refractivity contribution in [2.45, 2.75) is 27.3 Å². The second-order valence-electron chi connectivity index (χ2n) is 5.61. The first kappa shape index (κ1) is 15.7. The maximum atomic E-state index is 5.57. The molecule has 2 aromatic rings. The summed E-state index contributed by atoms with van der Waals surface area (Å²) in [5.41, 5.74) is 2.32. The highest BCUT2D eigenvalue weighted by Crippen LogP contribution is 2.14. The zero-order valence-electron chi connectivity index (χ0n) is 13.2. The summed E-state index contributed by atoms with van der Waals surface area (Å²) in [4.78, 5) is 4.42. The predicted octanol–water partition coefficient (Wildman–Crippen LogP) is 2.94. The number of benzene rings is 1. The quantitative estimate of drug-likeness (QED) is 0.759. The molecule has 114 valence electrons. The van der Waals surface area contributed by atoms with Crippen LogP contribution in [0.1, 0.15) is 25.4 Å². The van der Waals surface area contributed by atoms with Gasteiger partial charge in [-0.1, -0.05) is 32.0 Å². The summed E-state index contributed by atoms with van der Waals surface area (Å²) in [6, 6.07) is 10.3. The van der Waals surface area contributed by atoms with E-state index in [1.54, 1.807) is 0 Å². The normalized spacial score (nSPS) is 11.2. The molecule has 0 amide bonds. The van der Waals surface area contributed by atoms with Crippen molar-refractivity contribution < 1.29 is 4.74 Å². The molecule has 0 bridgehead atoms. The van der Waals surface area contributed by atoms with Crippen LogP contribution < -0.4 is 5.32 Å². The molecule has 0 fully saturated rings. The largest absolute Gasteiger partial charge is 0.380 e. The van der Waals surface area contributed by atoms with Crippen LogP contribution in [0.5, 0.6) is 0 Å². The van der Waals surface area contributed by atoms with Gasteiger partial charge in [0.25, 0.3) is 0 Å². The molecule has 0 unspecified atom stereocenters. The molecule has 4 nitrogen and oxygen atoms in total. The second kappa shape index (κ2) is 7.96. The summed E-state index contributed by atoms with van der Waals surface area (Å²) in [5, 5.41) is 3.41. The van der Waals surface area contributed by atoms with E-state index in [0.29, 0.717) is 5.92 Å². The molecule has 0 radical (unpaired) electrons. The third-order valence-electron chi connectivity index (χ3n) is 3.21. The van der Waals surface area contributed by atoms with Crippen LogP contribution in [0.25, 0.3) is 5.69 Å². The van der Waals surface area contributed by atoms with E-state index in [-0.39, 0.29) is 0 Å². The first-order valence-electron chi connectivity index (χ1n) is 7.55. The van der Waals surface area contributed by atoms with Crippen LogP contribution in [0.4, 0.5) is 0 Å². The smallest absolute Gasteiger partial charge is 0.110 e. The Morgan fingerprint density at radius 2 is 2.00 bits per heavy atom. The summed E-state index contributed by atoms with van der Waals surface area (Å²) >= 11 is 0. The Labute approximate surface area is 127 Å². The van der Waals surface area contributed by atoms with Gasteiger partial charge >= 0.3 is 0 Å². The molecule has 2 rings (SSSR count). The second-order valence-corrected chi connectivity index (χ2v) is 5.61. The highest BCUT2D eigenvalue weighted by atomic mass is 16.5. The summed E-state index contributed by atoms with van der Waals surface area (Å²) in [5.74, 6) is 1.60. The number of aromatic nitrogens is 2. The lowest BCUT2D eigenvalue weighted by Crippen LogP contribution is -2.21. The van der Waals surface area contributed by atoms with E-state index in [1.807, 2.05) is 31.3 Å². The molecule has 0 saturated carbocycles. The third kappa shape index (κ3) is 4.69. The van der Waals surface area contributed by atoms with Gasteiger partial charge in [-0.05, 0) is 25.0 Å². The third-order valence-corrected chi connectivity index (χ3v) is 3.21. The van der Waals surface area contributed by atoms with Crippen LogP contribution >= 0.6 is 0 Å². The van der Waals surface area contributed by atoms with Gasteiger partial charge in [0.05, 0.1) is 18.5 Å². The van der Waals surface area contributed by atoms with Crippen molar-refractivity contribution >= 4 is 0 Å². The van der Waals surface area contributed by atoms with Crippen molar-refractivity contribution in [3.63, 3.8) is 0 Å². The molecule has 0 aliphatic heterocycles. The van der Waals surface area contributed by atoms with Crippen molar-refractivity contribution in [2.24, 2.45) is 5.92 Å². The van der Waals surface area contributed by atoms with E-state index in [0.717, 1.165) is 37.8 Å². The Bertz CT molecular complexity index is 534. The lowest BCUT2D eigenvalue weighted by atomic mass is 10.2. The minimum absolute atomic E-state index is 0.590. The van der Waals surface area contributed by atoms with Gasteiger partial charge in [0, 0.05) is 25.4 Å². The Kier molecular flexibility index (Phi) is 5.96. The lowest BCUT2D eigenvalue weighted by Gasteiger charge is -2.11. The number of rotatable bonds is 8. The van der Waals surface area contributed by atoms with Crippen molar-refractivity contribution in [1.29, 1.82) is 0 Å². The van der Waals surface area contributed by atoms with Crippen LogP contribution in [0.2, 0.25) is 0 Å². The van der Waals surface area contributed by atoms with Crippen molar-refractivity contribution in [1.82, 2.24) is 14.9 Å². The van der Waals surface area contributed by atoms with Crippen molar-refractivity contribution in [2.75, 3.05) is 19.8 Å². The molecule has 21 heavy (non-hydrogen) atoms. The lowest BCUT2D eigenvalue weighted by molar-refractivity contribution is 0.111. The summed E-state index contributed by atoms with van der Waals surface area (Å²) in [6.07, 6.45) is 1.93. The van der Waals surface area contributed by atoms with Gasteiger partial charge in [0.2, 0.25) is 0 Å². The van der Waals surface area contributed by atoms with E-state index in [1.165, 1.54) is 5.69 Å². The van der Waals surface area contributed by atoms with Gasteiger partial charge in [-0.25, -0.2) is 4.98 Å². The first-order chi connectivity index (χ1) is 10.2. The van der Waals surface area contributed by atoms with Crippen LogP contribution in [0.3, 0.4) is 0 Å². The van der Waals surface area contributed by atoms with Gasteiger partial charge in [-0.3, -0.25) is 4.57 Å². The standard InChI is InChI=1S/C17H25N3O/c1-14(2)13-21-10-9-18-11-17-12-19-15(3)20(17)16-7-5-4-6-8-16/h4-8,12,14,18H,9-11,13H2,1-3H3. The van der Waals surface area contributed by atoms with Gasteiger partial charge in [0.15, 0.2) is 0 Å². The molecular formula is C17H25N3O. The molecule has 1 aromatic heterocycles. The van der Waals surface area contributed by atoms with Crippen LogP contribution in [0, 0.1) is 12.8 Å². The average Bonchev–Trinajstić information content (AvgIpc) is 2.84. The highest BCUT2D eigenvalue weighted by Gasteiger charge is 2.07. The molecule has 0 spiro atoms. The Balaban J connectivity index is 1.87. The van der Waals surface area contributed by atoms with Crippen LogP contribution in [-0.4, -0.2) is 29.3 Å². The van der Waals surface area contributed by atoms with Gasteiger partial charge < -0.3 is 10.1 Å². The zero-order valence-corrected chi connectivity index (χ0v) is 13.2. The number of para-hydroxylation sites is 1. The molecule has 4 heteroatoms. The molecule has 0 atom stereocenters. The number of hydrogen-bond acceptors (Lipinski definition) is 3. The first-order valence-corrected chi connectivity index (χ1v) is 7.55. The molecule has 1 aromatic carbocycles. The van der Waals surface area contributed by atoms with Gasteiger partial charge in [-0.15, -0.1) is 0 Å². The van der Waals surface area contributed by atoms with E-state index in [2.05, 4.69) is 40.8 Å². The summed E-state index contributed by atoms with van der Waals surface area (Å²) in [6.45, 7) is 9.57. The maximum absolute atomic E-state index is 5.57. The molecule has 1 heterocycles. The molecule has 0 aliphatic carbocycles. The number of nitrogens with one attached hydrogen (secondary N) is 1. The van der Waals surface area contributed by atoms with E-state index < -0.39 is 0 Å². The number of aryl methyl sites for hydroxylation is 1. The molecule has 0 aliphatic rings. The van der Waals surface area contributed by atoms with Gasteiger partial charge in [0.1, 0.15) is 5.82 Å². The Morgan fingerprint density at radius 3 is 2.71 bits per heavy atom. The minimum atomic E-state index is 0.590. The minimum Gasteiger partial charge on any atom is -0.380 e. The monoisotopic (exact) mass is 287 g/mol. The van der Waals surface area contributed by atoms with E-state index >= 15 is 0 Å². The van der Waals surface area contributed by atoms with E-state index in [9.17, 15) is 0 Å². The Morgan fingerprint density at radius 1 is 1.24 bits per heavy atom. The van der Waals surface area contributed by atoms with Crippen LogP contribution in [0.15, 0.2) is 36.5 Å². The number of nitrogens with zero attached hydrogens (tertiary/aromatic N) is 2. The topological polar surface area (TPSA) is 39.1 Å². The van der Waals surface area contributed by atoms with Crippen molar-refractivity contribution in [3.05, 3.63) is 48.0 Å². The SMILES string of the molecule is Cc1ncc(CNCCOCC(C)C)n1-c1ccccc1. The Hall–Kier alpha value is -1.65. The van der Waals surface area contributed by atoms with Crippen molar-refractivity contribution in [3.8, 4) is 5.69 Å². The van der Waals surface area contributed by atoms with Crippen LogP contribution in [-0.2, 0) is 11.3 Å². The average molecular weight is 287 g/mol.